The van der Waals surface area contributed by atoms with Crippen LogP contribution in [0, 0.1) is 10.1 Å². The van der Waals surface area contributed by atoms with Crippen LogP contribution in [0.3, 0.4) is 0 Å². The fraction of sp³-hybridized carbons (Fsp3) is 0.350. The Morgan fingerprint density at radius 2 is 2.07 bits per heavy atom. The van der Waals surface area contributed by atoms with Crippen LogP contribution in [0.1, 0.15) is 25.8 Å². The van der Waals surface area contributed by atoms with Crippen molar-refractivity contribution in [2.75, 3.05) is 12.3 Å². The lowest BCUT2D eigenvalue weighted by molar-refractivity contribution is -0.384. The first-order valence-electron chi connectivity index (χ1n) is 9.34. The number of nitro groups is 1. The molecule has 2 amide bonds. The van der Waals surface area contributed by atoms with Crippen LogP contribution in [-0.2, 0) is 25.7 Å². The molecule has 1 aromatic carbocycles. The Hall–Kier alpha value is -3.14. The van der Waals surface area contributed by atoms with Crippen LogP contribution in [0.25, 0.3) is 0 Å². The van der Waals surface area contributed by atoms with E-state index in [0.29, 0.717) is 29.9 Å². The molecule has 0 bridgehead atoms. The molecule has 10 heteroatoms. The van der Waals surface area contributed by atoms with Gasteiger partial charge in [-0.25, -0.2) is 4.79 Å². The maximum Gasteiger partial charge on any atom is 0.356 e. The van der Waals surface area contributed by atoms with Crippen molar-refractivity contribution in [3.63, 3.8) is 0 Å². The summed E-state index contributed by atoms with van der Waals surface area (Å²) in [6.45, 7) is 3.61. The monoisotopic (exact) mass is 431 g/mol. The topological polar surface area (TPSA) is 119 Å². The highest BCUT2D eigenvalue weighted by Crippen LogP contribution is 2.45. The van der Waals surface area contributed by atoms with Crippen LogP contribution >= 0.6 is 11.8 Å². The molecule has 0 spiro atoms. The third-order valence-electron chi connectivity index (χ3n) is 4.79. The molecule has 0 aromatic heterocycles. The molecule has 2 aliphatic rings. The molecule has 1 N–H and O–H groups in total. The Labute approximate surface area is 177 Å². The Morgan fingerprint density at radius 1 is 1.37 bits per heavy atom. The second-order valence-electron chi connectivity index (χ2n) is 6.74. The molecule has 3 rings (SSSR count). The van der Waals surface area contributed by atoms with Gasteiger partial charge >= 0.3 is 5.97 Å². The quantitative estimate of drug-likeness (QED) is 0.167. The predicted octanol–water partition coefficient (Wildman–Crippen LogP) is 2.28. The van der Waals surface area contributed by atoms with Gasteiger partial charge in [-0.05, 0) is 24.6 Å². The molecule has 1 saturated heterocycles. The van der Waals surface area contributed by atoms with E-state index in [4.69, 9.17) is 4.74 Å². The van der Waals surface area contributed by atoms with Gasteiger partial charge in [-0.3, -0.25) is 24.6 Å². The number of nitrogens with zero attached hydrogens (tertiary/aromatic N) is 2. The third-order valence-corrected chi connectivity index (χ3v) is 5.91. The molecule has 158 valence electrons. The number of allylic oxidation sites excluding steroid dienone is 1. The molecule has 1 atom stereocenters. The van der Waals surface area contributed by atoms with Crippen LogP contribution in [0.15, 0.2) is 46.5 Å². The number of carbonyl (C=O) groups excluding carboxylic acids is 3. The average molecular weight is 431 g/mol. The Bertz CT molecular complexity index is 954. The number of amides is 2. The second-order valence-corrected chi connectivity index (χ2v) is 7.93. The van der Waals surface area contributed by atoms with E-state index in [1.54, 1.807) is 13.0 Å². The second kappa shape index (κ2) is 9.12. The Kier molecular flexibility index (Phi) is 6.56. The summed E-state index contributed by atoms with van der Waals surface area (Å²) in [7, 11) is 0. The van der Waals surface area contributed by atoms with Gasteiger partial charge in [0.15, 0.2) is 0 Å². The molecule has 2 heterocycles. The van der Waals surface area contributed by atoms with Gasteiger partial charge < -0.3 is 10.1 Å². The number of nitro benzene ring substituents is 1. The Morgan fingerprint density at radius 3 is 2.67 bits per heavy atom. The molecule has 0 saturated carbocycles. The van der Waals surface area contributed by atoms with Crippen LogP contribution < -0.4 is 5.32 Å². The van der Waals surface area contributed by atoms with Crippen molar-refractivity contribution in [3.05, 3.63) is 62.2 Å². The smallest absolute Gasteiger partial charge is 0.356 e. The summed E-state index contributed by atoms with van der Waals surface area (Å²) < 4.78 is 5.39. The number of ether oxygens (including phenoxy) is 1. The minimum absolute atomic E-state index is 0.0469. The van der Waals surface area contributed by atoms with Crippen molar-refractivity contribution in [1.29, 1.82) is 0 Å². The SMILES string of the molecule is CC=C1C(=O)N2C(C(=O)OCc3ccc([N+](=O)[O-])cc3)=C(SCCNC(C)=O)C[C@H]12. The summed E-state index contributed by atoms with van der Waals surface area (Å²) in [5, 5.41) is 13.4. The van der Waals surface area contributed by atoms with Gasteiger partial charge in [-0.1, -0.05) is 6.08 Å². The van der Waals surface area contributed by atoms with Crippen LogP contribution in [0.2, 0.25) is 0 Å². The zero-order valence-corrected chi connectivity index (χ0v) is 17.4. The van der Waals surface area contributed by atoms with Crippen molar-refractivity contribution < 1.29 is 24.0 Å². The number of carbonyl (C=O) groups is 3. The summed E-state index contributed by atoms with van der Waals surface area (Å²) in [6.07, 6.45) is 2.30. The summed E-state index contributed by atoms with van der Waals surface area (Å²) in [4.78, 5) is 48.7. The number of β-lactam (4-membered cyclic amide) rings is 1. The first-order valence-corrected chi connectivity index (χ1v) is 10.3. The average Bonchev–Trinajstić information content (AvgIpc) is 3.04. The highest BCUT2D eigenvalue weighted by molar-refractivity contribution is 8.03. The minimum Gasteiger partial charge on any atom is -0.456 e. The van der Waals surface area contributed by atoms with Gasteiger partial charge in [0.2, 0.25) is 5.91 Å². The summed E-state index contributed by atoms with van der Waals surface area (Å²) in [5.41, 5.74) is 1.47. The standard InChI is InChI=1S/C20H21N3O6S/c1-3-15-16-10-17(30-9-8-21-12(2)24)18(22(16)19(15)25)20(26)29-11-13-4-6-14(7-5-13)23(27)28/h3-7,16H,8-11H2,1-2H3,(H,21,24)/t16-/m1/s1. The number of thioether (sulfide) groups is 1. The third kappa shape index (κ3) is 4.38. The van der Waals surface area contributed by atoms with Crippen molar-refractivity contribution in [3.8, 4) is 0 Å². The van der Waals surface area contributed by atoms with Gasteiger partial charge in [0.05, 0.1) is 11.0 Å². The lowest BCUT2D eigenvalue weighted by Crippen LogP contribution is -2.52. The van der Waals surface area contributed by atoms with E-state index in [1.807, 2.05) is 0 Å². The van der Waals surface area contributed by atoms with E-state index >= 15 is 0 Å². The summed E-state index contributed by atoms with van der Waals surface area (Å²) in [5.74, 6) is -0.383. The van der Waals surface area contributed by atoms with Gasteiger partial charge in [0, 0.05) is 48.3 Å². The molecule has 0 unspecified atom stereocenters. The van der Waals surface area contributed by atoms with E-state index < -0.39 is 10.9 Å². The van der Waals surface area contributed by atoms with Gasteiger partial charge in [-0.15, -0.1) is 11.8 Å². The lowest BCUT2D eigenvalue weighted by atomic mass is 9.94. The molecule has 2 aliphatic heterocycles. The highest BCUT2D eigenvalue weighted by Gasteiger charge is 2.51. The first kappa shape index (κ1) is 21.6. The largest absolute Gasteiger partial charge is 0.456 e. The number of benzene rings is 1. The van der Waals surface area contributed by atoms with Crippen LogP contribution in [0.4, 0.5) is 5.69 Å². The number of nitrogens with one attached hydrogen (secondary N) is 1. The zero-order valence-electron chi connectivity index (χ0n) is 16.5. The van der Waals surface area contributed by atoms with E-state index in [2.05, 4.69) is 5.32 Å². The molecular weight excluding hydrogens is 410 g/mol. The molecule has 9 nitrogen and oxygen atoms in total. The fourth-order valence-corrected chi connectivity index (χ4v) is 4.39. The van der Waals surface area contributed by atoms with Gasteiger partial charge in [0.25, 0.3) is 11.6 Å². The van der Waals surface area contributed by atoms with Crippen molar-refractivity contribution >= 4 is 35.2 Å². The first-order chi connectivity index (χ1) is 14.3. The van der Waals surface area contributed by atoms with Crippen LogP contribution in [-0.4, -0.2) is 45.9 Å². The number of hydrogen-bond acceptors (Lipinski definition) is 7. The number of rotatable bonds is 8. The van der Waals surface area contributed by atoms with Gasteiger partial charge in [-0.2, -0.15) is 0 Å². The van der Waals surface area contributed by atoms with Crippen molar-refractivity contribution in [2.24, 2.45) is 0 Å². The Balaban J connectivity index is 1.69. The van der Waals surface area contributed by atoms with Crippen LogP contribution in [0.5, 0.6) is 0 Å². The summed E-state index contributed by atoms with van der Waals surface area (Å²) >= 11 is 1.42. The number of fused-ring (bicyclic) bond motifs is 1. The maximum absolute atomic E-state index is 12.8. The zero-order chi connectivity index (χ0) is 21.8. The lowest BCUT2D eigenvalue weighted by Gasteiger charge is -2.38. The molecule has 30 heavy (non-hydrogen) atoms. The van der Waals surface area contributed by atoms with E-state index in [9.17, 15) is 24.5 Å². The molecule has 1 fully saturated rings. The molecule has 0 aliphatic carbocycles. The molecule has 0 radical (unpaired) electrons. The predicted molar refractivity (Wildman–Crippen MR) is 110 cm³/mol. The number of esters is 1. The number of hydrogen-bond donors (Lipinski definition) is 1. The van der Waals surface area contributed by atoms with Crippen molar-refractivity contribution in [1.82, 2.24) is 10.2 Å². The summed E-state index contributed by atoms with van der Waals surface area (Å²) in [6, 6.07) is 5.57. The van der Waals surface area contributed by atoms with Crippen molar-refractivity contribution in [2.45, 2.75) is 32.9 Å². The van der Waals surface area contributed by atoms with Gasteiger partial charge in [0.1, 0.15) is 12.3 Å². The molecule has 1 aromatic rings. The minimum atomic E-state index is -0.610. The van der Waals surface area contributed by atoms with E-state index in [1.165, 1.54) is 47.9 Å². The van der Waals surface area contributed by atoms with E-state index in [-0.39, 0.29) is 35.8 Å². The molecular formula is C20H21N3O6S. The maximum atomic E-state index is 12.8. The number of non-ortho nitro benzene ring substituents is 1. The normalized spacial score (nSPS) is 18.9. The van der Waals surface area contributed by atoms with E-state index in [0.717, 1.165) is 4.91 Å². The fourth-order valence-electron chi connectivity index (χ4n) is 3.35. The highest BCUT2D eigenvalue weighted by atomic mass is 32.2.